The van der Waals surface area contributed by atoms with Crippen LogP contribution in [0.15, 0.2) is 11.1 Å². The quantitative estimate of drug-likeness (QED) is 0.719. The molecule has 2 aliphatic carbocycles. The molecule has 3 heteroatoms. The average Bonchev–Trinajstić information content (AvgIpc) is 2.36. The molecule has 106 valence electrons. The van der Waals surface area contributed by atoms with Crippen LogP contribution in [0.4, 0.5) is 0 Å². The number of Topliss-reactive ketones (excluding diaryl/α,β-unsaturated/α-hetero) is 1. The van der Waals surface area contributed by atoms with Crippen LogP contribution in [0.1, 0.15) is 53.4 Å². The van der Waals surface area contributed by atoms with E-state index in [2.05, 4.69) is 0 Å². The maximum absolute atomic E-state index is 12.4. The highest BCUT2D eigenvalue weighted by atomic mass is 16.5. The van der Waals surface area contributed by atoms with E-state index in [1.165, 1.54) is 5.57 Å². The smallest absolute Gasteiger partial charge is 0.312 e. The number of allylic oxidation sites excluding steroid dienone is 2. The Hall–Kier alpha value is -1.12. The van der Waals surface area contributed by atoms with E-state index < -0.39 is 5.41 Å². The fourth-order valence-corrected chi connectivity index (χ4v) is 3.75. The van der Waals surface area contributed by atoms with Crippen molar-refractivity contribution in [2.24, 2.45) is 17.3 Å². The molecule has 0 saturated heterocycles. The molecule has 0 aromatic carbocycles. The number of hydrogen-bond acceptors (Lipinski definition) is 3. The molecule has 0 radical (unpaired) electrons. The molecule has 1 fully saturated rings. The molecule has 0 N–H and O–H groups in total. The third-order valence-electron chi connectivity index (χ3n) is 5.11. The first-order valence-corrected chi connectivity index (χ1v) is 7.33. The van der Waals surface area contributed by atoms with Crippen molar-refractivity contribution in [3.8, 4) is 0 Å². The number of ketones is 1. The third kappa shape index (κ3) is 2.13. The molecule has 0 aromatic rings. The second-order valence-corrected chi connectivity index (χ2v) is 6.17. The number of fused-ring (bicyclic) bond motifs is 1. The lowest BCUT2D eigenvalue weighted by atomic mass is 9.56. The normalized spacial score (nSPS) is 35.1. The SMILES string of the molecule is CCOC(=O)[C@@]1(C)[C@@H](C)CC(=O)C2=C(C)CCC[C@@H]21. The summed E-state index contributed by atoms with van der Waals surface area (Å²) in [5, 5.41) is 0. The molecule has 0 heterocycles. The molecular formula is C16H24O3. The first-order valence-electron chi connectivity index (χ1n) is 7.33. The Balaban J connectivity index is 2.45. The topological polar surface area (TPSA) is 43.4 Å². The minimum Gasteiger partial charge on any atom is -0.466 e. The van der Waals surface area contributed by atoms with Crippen molar-refractivity contribution in [3.05, 3.63) is 11.1 Å². The zero-order chi connectivity index (χ0) is 14.2. The second-order valence-electron chi connectivity index (χ2n) is 6.17. The molecule has 3 nitrogen and oxygen atoms in total. The summed E-state index contributed by atoms with van der Waals surface area (Å²) in [5.74, 6) is 0.221. The van der Waals surface area contributed by atoms with Gasteiger partial charge in [0.25, 0.3) is 0 Å². The van der Waals surface area contributed by atoms with Gasteiger partial charge >= 0.3 is 5.97 Å². The van der Waals surface area contributed by atoms with Crippen molar-refractivity contribution in [1.29, 1.82) is 0 Å². The Morgan fingerprint density at radius 2 is 2.16 bits per heavy atom. The molecule has 3 atom stereocenters. The summed E-state index contributed by atoms with van der Waals surface area (Å²) in [7, 11) is 0. The number of esters is 1. The summed E-state index contributed by atoms with van der Waals surface area (Å²) in [6.45, 7) is 8.28. The van der Waals surface area contributed by atoms with Gasteiger partial charge < -0.3 is 4.74 Å². The Labute approximate surface area is 115 Å². The van der Waals surface area contributed by atoms with E-state index in [9.17, 15) is 9.59 Å². The van der Waals surface area contributed by atoms with Gasteiger partial charge in [0.15, 0.2) is 5.78 Å². The van der Waals surface area contributed by atoms with Crippen molar-refractivity contribution in [1.82, 2.24) is 0 Å². The molecule has 0 spiro atoms. The zero-order valence-corrected chi connectivity index (χ0v) is 12.4. The number of carbonyl (C=O) groups is 2. The van der Waals surface area contributed by atoms with E-state index in [1.807, 2.05) is 27.7 Å². The van der Waals surface area contributed by atoms with E-state index in [0.29, 0.717) is 13.0 Å². The minimum atomic E-state index is -0.541. The van der Waals surface area contributed by atoms with Gasteiger partial charge in [-0.3, -0.25) is 9.59 Å². The van der Waals surface area contributed by atoms with Crippen molar-refractivity contribution in [3.63, 3.8) is 0 Å². The summed E-state index contributed by atoms with van der Waals surface area (Å²) in [6, 6.07) is 0. The zero-order valence-electron chi connectivity index (χ0n) is 12.4. The highest BCUT2D eigenvalue weighted by molar-refractivity contribution is 6.00. The van der Waals surface area contributed by atoms with Crippen LogP contribution in [0, 0.1) is 17.3 Å². The van der Waals surface area contributed by atoms with Crippen molar-refractivity contribution in [2.75, 3.05) is 6.61 Å². The molecule has 0 bridgehead atoms. The average molecular weight is 264 g/mol. The van der Waals surface area contributed by atoms with E-state index in [4.69, 9.17) is 4.74 Å². The van der Waals surface area contributed by atoms with E-state index in [1.54, 1.807) is 0 Å². The van der Waals surface area contributed by atoms with Crippen LogP contribution in [0.25, 0.3) is 0 Å². The number of carbonyl (C=O) groups excluding carboxylic acids is 2. The lowest BCUT2D eigenvalue weighted by Gasteiger charge is -2.46. The number of rotatable bonds is 2. The van der Waals surface area contributed by atoms with Gasteiger partial charge in [0, 0.05) is 12.3 Å². The molecule has 19 heavy (non-hydrogen) atoms. The number of hydrogen-bond donors (Lipinski definition) is 0. The van der Waals surface area contributed by atoms with Gasteiger partial charge in [-0.05, 0) is 51.5 Å². The monoisotopic (exact) mass is 264 g/mol. The lowest BCUT2D eigenvalue weighted by molar-refractivity contribution is -0.163. The Morgan fingerprint density at radius 1 is 1.47 bits per heavy atom. The van der Waals surface area contributed by atoms with Gasteiger partial charge in [-0.15, -0.1) is 0 Å². The Bertz CT molecular complexity index is 435. The molecule has 1 saturated carbocycles. The Kier molecular flexibility index (Phi) is 3.84. The second kappa shape index (κ2) is 5.10. The fraction of sp³-hybridized carbons (Fsp3) is 0.750. The molecule has 2 rings (SSSR count). The minimum absolute atomic E-state index is 0.0524. The summed E-state index contributed by atoms with van der Waals surface area (Å²) in [6.07, 6.45) is 3.45. The lowest BCUT2D eigenvalue weighted by Crippen LogP contribution is -2.49. The number of ether oxygens (including phenoxy) is 1. The van der Waals surface area contributed by atoms with Gasteiger partial charge in [0.1, 0.15) is 0 Å². The summed E-state index contributed by atoms with van der Waals surface area (Å²) in [4.78, 5) is 24.8. The predicted octanol–water partition coefficient (Wildman–Crippen LogP) is 3.28. The van der Waals surface area contributed by atoms with Gasteiger partial charge in [0.05, 0.1) is 12.0 Å². The van der Waals surface area contributed by atoms with Crippen molar-refractivity contribution < 1.29 is 14.3 Å². The molecule has 0 aliphatic heterocycles. The summed E-state index contributed by atoms with van der Waals surface area (Å²) in [5.41, 5.74) is 1.57. The predicted molar refractivity (Wildman–Crippen MR) is 73.6 cm³/mol. The van der Waals surface area contributed by atoms with Crippen LogP contribution in [0.3, 0.4) is 0 Å². The van der Waals surface area contributed by atoms with E-state index >= 15 is 0 Å². The van der Waals surface area contributed by atoms with Crippen LogP contribution >= 0.6 is 0 Å². The molecule has 0 aromatic heterocycles. The first-order chi connectivity index (χ1) is 8.92. The summed E-state index contributed by atoms with van der Waals surface area (Å²) < 4.78 is 5.30. The third-order valence-corrected chi connectivity index (χ3v) is 5.11. The van der Waals surface area contributed by atoms with Gasteiger partial charge in [-0.1, -0.05) is 12.5 Å². The molecule has 0 amide bonds. The van der Waals surface area contributed by atoms with Crippen LogP contribution in [0.2, 0.25) is 0 Å². The van der Waals surface area contributed by atoms with E-state index in [-0.39, 0.29) is 23.6 Å². The van der Waals surface area contributed by atoms with Gasteiger partial charge in [-0.2, -0.15) is 0 Å². The van der Waals surface area contributed by atoms with Crippen molar-refractivity contribution >= 4 is 11.8 Å². The van der Waals surface area contributed by atoms with Crippen LogP contribution in [-0.4, -0.2) is 18.4 Å². The maximum Gasteiger partial charge on any atom is 0.312 e. The molecule has 0 unspecified atom stereocenters. The highest BCUT2D eigenvalue weighted by Crippen LogP contribution is 2.52. The molecular weight excluding hydrogens is 240 g/mol. The van der Waals surface area contributed by atoms with Crippen LogP contribution < -0.4 is 0 Å². The van der Waals surface area contributed by atoms with Gasteiger partial charge in [-0.25, -0.2) is 0 Å². The van der Waals surface area contributed by atoms with Crippen molar-refractivity contribution in [2.45, 2.75) is 53.4 Å². The van der Waals surface area contributed by atoms with Crippen LogP contribution in [0.5, 0.6) is 0 Å². The highest BCUT2D eigenvalue weighted by Gasteiger charge is 2.54. The first kappa shape index (κ1) is 14.3. The standard InChI is InChI=1S/C16H24O3/c1-5-19-15(18)16(4)11(3)9-13(17)14-10(2)7-6-8-12(14)16/h11-12H,5-9H2,1-4H3/t11-,12-,16-/m0/s1. The Morgan fingerprint density at radius 3 is 2.79 bits per heavy atom. The fourth-order valence-electron chi connectivity index (χ4n) is 3.75. The maximum atomic E-state index is 12.4. The van der Waals surface area contributed by atoms with E-state index in [0.717, 1.165) is 24.8 Å². The van der Waals surface area contributed by atoms with Crippen LogP contribution in [-0.2, 0) is 14.3 Å². The molecule has 2 aliphatic rings. The van der Waals surface area contributed by atoms with Gasteiger partial charge in [0.2, 0.25) is 0 Å². The largest absolute Gasteiger partial charge is 0.466 e. The summed E-state index contributed by atoms with van der Waals surface area (Å²) >= 11 is 0.